The summed E-state index contributed by atoms with van der Waals surface area (Å²) < 4.78 is 9.84. The largest absolute Gasteiger partial charge is 0.496 e. The van der Waals surface area contributed by atoms with Crippen LogP contribution in [0.1, 0.15) is 6.92 Å². The number of ether oxygens (including phenoxy) is 2. The number of nitrogens with zero attached hydrogens (tertiary/aromatic N) is 1. The van der Waals surface area contributed by atoms with Gasteiger partial charge < -0.3 is 20.1 Å². The Morgan fingerprint density at radius 1 is 1.38 bits per heavy atom. The van der Waals surface area contributed by atoms with E-state index < -0.39 is 11.0 Å². The summed E-state index contributed by atoms with van der Waals surface area (Å²) >= 11 is 0. The van der Waals surface area contributed by atoms with Crippen LogP contribution >= 0.6 is 0 Å². The predicted molar refractivity (Wildman–Crippen MR) is 77.6 cm³/mol. The zero-order chi connectivity index (χ0) is 15.8. The Labute approximate surface area is 122 Å². The Bertz CT molecular complexity index is 507. The number of hydrogen-bond acceptors (Lipinski definition) is 6. The molecular formula is C13H19N3O5. The predicted octanol–water partition coefficient (Wildman–Crippen LogP) is 1.17. The normalized spacial score (nSPS) is 11.6. The third-order valence-electron chi connectivity index (χ3n) is 2.72. The molecule has 116 valence electrons. The van der Waals surface area contributed by atoms with Crippen LogP contribution in [0.5, 0.6) is 5.75 Å². The fraction of sp³-hybridized carbons (Fsp3) is 0.462. The van der Waals surface area contributed by atoms with Gasteiger partial charge in [-0.15, -0.1) is 0 Å². The molecule has 0 heterocycles. The van der Waals surface area contributed by atoms with E-state index >= 15 is 0 Å². The van der Waals surface area contributed by atoms with Crippen molar-refractivity contribution < 1.29 is 19.2 Å². The summed E-state index contributed by atoms with van der Waals surface area (Å²) in [5.74, 6) is 0.121. The molecule has 1 unspecified atom stereocenters. The van der Waals surface area contributed by atoms with Crippen LogP contribution in [0, 0.1) is 10.1 Å². The van der Waals surface area contributed by atoms with E-state index in [1.807, 2.05) is 0 Å². The first-order chi connectivity index (χ1) is 9.97. The molecule has 21 heavy (non-hydrogen) atoms. The third-order valence-corrected chi connectivity index (χ3v) is 2.72. The highest BCUT2D eigenvalue weighted by Crippen LogP contribution is 2.26. The highest BCUT2D eigenvalue weighted by Gasteiger charge is 2.15. The van der Waals surface area contributed by atoms with E-state index in [0.29, 0.717) is 24.6 Å². The third kappa shape index (κ3) is 5.27. The van der Waals surface area contributed by atoms with Gasteiger partial charge in [0.1, 0.15) is 11.8 Å². The summed E-state index contributed by atoms with van der Waals surface area (Å²) in [6.07, 6.45) is 0. The molecule has 0 saturated heterocycles. The average Bonchev–Trinajstić information content (AvgIpc) is 2.46. The lowest BCUT2D eigenvalue weighted by Crippen LogP contribution is -2.39. The molecule has 2 N–H and O–H groups in total. The number of anilines is 1. The molecule has 0 saturated carbocycles. The van der Waals surface area contributed by atoms with Crippen molar-refractivity contribution in [1.82, 2.24) is 5.32 Å². The summed E-state index contributed by atoms with van der Waals surface area (Å²) in [6.45, 7) is 2.48. The van der Waals surface area contributed by atoms with Crippen LogP contribution in [0.25, 0.3) is 0 Å². The maximum atomic E-state index is 11.8. The number of non-ortho nitro benzene ring substituents is 1. The lowest BCUT2D eigenvalue weighted by atomic mass is 10.2. The van der Waals surface area contributed by atoms with Gasteiger partial charge in [0.25, 0.3) is 5.69 Å². The van der Waals surface area contributed by atoms with E-state index in [9.17, 15) is 14.9 Å². The van der Waals surface area contributed by atoms with Crippen molar-refractivity contribution in [2.24, 2.45) is 0 Å². The van der Waals surface area contributed by atoms with Crippen LogP contribution in [-0.4, -0.2) is 44.2 Å². The number of amides is 1. The average molecular weight is 297 g/mol. The number of nitro benzene ring substituents is 1. The summed E-state index contributed by atoms with van der Waals surface area (Å²) in [4.78, 5) is 22.1. The van der Waals surface area contributed by atoms with Crippen LogP contribution in [0.4, 0.5) is 11.4 Å². The van der Waals surface area contributed by atoms with Gasteiger partial charge in [0.05, 0.1) is 24.7 Å². The zero-order valence-electron chi connectivity index (χ0n) is 12.2. The van der Waals surface area contributed by atoms with Gasteiger partial charge in [0, 0.05) is 31.5 Å². The van der Waals surface area contributed by atoms with Crippen LogP contribution < -0.4 is 15.4 Å². The number of carbonyl (C=O) groups is 1. The maximum absolute atomic E-state index is 11.8. The number of nitro groups is 1. The number of nitrogens with one attached hydrogen (secondary N) is 2. The minimum atomic E-state index is -0.548. The summed E-state index contributed by atoms with van der Waals surface area (Å²) in [6, 6.07) is 3.70. The lowest BCUT2D eigenvalue weighted by molar-refractivity contribution is -0.384. The molecule has 0 aliphatic heterocycles. The molecule has 8 heteroatoms. The Hall–Kier alpha value is -2.35. The van der Waals surface area contributed by atoms with Crippen LogP contribution in [-0.2, 0) is 9.53 Å². The fourth-order valence-corrected chi connectivity index (χ4v) is 1.63. The molecule has 0 aliphatic rings. The second-order valence-corrected chi connectivity index (χ2v) is 4.33. The number of rotatable bonds is 8. The molecule has 0 spiro atoms. The monoisotopic (exact) mass is 297 g/mol. The van der Waals surface area contributed by atoms with Gasteiger partial charge in [-0.25, -0.2) is 0 Å². The molecule has 0 fully saturated rings. The van der Waals surface area contributed by atoms with Gasteiger partial charge in [-0.3, -0.25) is 14.9 Å². The van der Waals surface area contributed by atoms with Crippen molar-refractivity contribution in [3.05, 3.63) is 28.3 Å². The van der Waals surface area contributed by atoms with Gasteiger partial charge in [0.2, 0.25) is 5.91 Å². The standard InChI is InChI=1S/C13H19N3O5/c1-9(13(17)14-4-5-20-2)15-10-6-11(16(18)19)8-12(7-10)21-3/h6-9,15H,4-5H2,1-3H3,(H,14,17). The topological polar surface area (TPSA) is 103 Å². The van der Waals surface area contributed by atoms with E-state index in [2.05, 4.69) is 10.6 Å². The molecule has 0 bridgehead atoms. The number of carbonyl (C=O) groups excluding carboxylic acids is 1. The maximum Gasteiger partial charge on any atom is 0.275 e. The van der Waals surface area contributed by atoms with E-state index in [4.69, 9.17) is 9.47 Å². The number of hydrogen-bond donors (Lipinski definition) is 2. The van der Waals surface area contributed by atoms with E-state index in [1.54, 1.807) is 20.1 Å². The second-order valence-electron chi connectivity index (χ2n) is 4.33. The summed E-state index contributed by atoms with van der Waals surface area (Å²) in [5.41, 5.74) is 0.333. The first kappa shape index (κ1) is 16.7. The Morgan fingerprint density at radius 3 is 2.67 bits per heavy atom. The van der Waals surface area contributed by atoms with Gasteiger partial charge in [-0.1, -0.05) is 0 Å². The minimum absolute atomic E-state index is 0.108. The first-order valence-corrected chi connectivity index (χ1v) is 6.34. The number of methoxy groups -OCH3 is 2. The molecule has 8 nitrogen and oxygen atoms in total. The molecule has 1 aromatic rings. The van der Waals surface area contributed by atoms with Crippen molar-refractivity contribution in [2.75, 3.05) is 32.7 Å². The molecule has 0 radical (unpaired) electrons. The highest BCUT2D eigenvalue weighted by molar-refractivity contribution is 5.84. The highest BCUT2D eigenvalue weighted by atomic mass is 16.6. The van der Waals surface area contributed by atoms with Crippen molar-refractivity contribution in [2.45, 2.75) is 13.0 Å². The molecule has 1 aromatic carbocycles. The summed E-state index contributed by atoms with van der Waals surface area (Å²) in [5, 5.41) is 16.4. The second kappa shape index (κ2) is 8.05. The van der Waals surface area contributed by atoms with Gasteiger partial charge >= 0.3 is 0 Å². The molecule has 0 aromatic heterocycles. The Morgan fingerprint density at radius 2 is 2.10 bits per heavy atom. The van der Waals surface area contributed by atoms with Crippen molar-refractivity contribution in [1.29, 1.82) is 0 Å². The Balaban J connectivity index is 2.74. The van der Waals surface area contributed by atoms with Crippen molar-refractivity contribution >= 4 is 17.3 Å². The van der Waals surface area contributed by atoms with E-state index in [0.717, 1.165) is 0 Å². The molecule has 0 aliphatic carbocycles. The summed E-state index contributed by atoms with van der Waals surface area (Å²) in [7, 11) is 2.97. The lowest BCUT2D eigenvalue weighted by Gasteiger charge is -2.15. The SMILES string of the molecule is COCCNC(=O)C(C)Nc1cc(OC)cc([N+](=O)[O-])c1. The smallest absolute Gasteiger partial charge is 0.275 e. The van der Waals surface area contributed by atoms with E-state index in [-0.39, 0.29) is 11.6 Å². The van der Waals surface area contributed by atoms with Crippen molar-refractivity contribution in [3.63, 3.8) is 0 Å². The van der Waals surface area contributed by atoms with Crippen LogP contribution in [0.3, 0.4) is 0 Å². The fourth-order valence-electron chi connectivity index (χ4n) is 1.63. The first-order valence-electron chi connectivity index (χ1n) is 6.34. The van der Waals surface area contributed by atoms with Gasteiger partial charge in [0.15, 0.2) is 0 Å². The van der Waals surface area contributed by atoms with Crippen LogP contribution in [0.15, 0.2) is 18.2 Å². The van der Waals surface area contributed by atoms with Gasteiger partial charge in [-0.05, 0) is 6.92 Å². The number of benzene rings is 1. The van der Waals surface area contributed by atoms with E-state index in [1.165, 1.54) is 19.2 Å². The van der Waals surface area contributed by atoms with Crippen LogP contribution in [0.2, 0.25) is 0 Å². The minimum Gasteiger partial charge on any atom is -0.496 e. The molecule has 1 atom stereocenters. The molecule has 1 amide bonds. The molecule has 1 rings (SSSR count). The van der Waals surface area contributed by atoms with Gasteiger partial charge in [-0.2, -0.15) is 0 Å². The Kier molecular flexibility index (Phi) is 6.41. The zero-order valence-corrected chi connectivity index (χ0v) is 12.2. The molecular weight excluding hydrogens is 278 g/mol. The van der Waals surface area contributed by atoms with Crippen molar-refractivity contribution in [3.8, 4) is 5.75 Å². The quantitative estimate of drug-likeness (QED) is 0.424.